The molecule has 0 radical (unpaired) electrons. The molecule has 0 aliphatic heterocycles. The standard InChI is InChI=1S/C61H39N5/c1-4-18-40(19-5-1)44-34-35-49(42-20-6-2-7-21-42)56(39-44)65-54-32-14-12-29-50(54)52-36-37-53-51-30-13-15-33-55(51)66(58(53)57(52)65)61-63-59(43-23-8-3-9-24-43)62-60(64-61)46-27-16-26-45(38-46)48-31-17-25-41-22-10-11-28-47(41)48/h1-39H. The molecule has 0 atom stereocenters. The summed E-state index contributed by atoms with van der Waals surface area (Å²) in [5, 5.41) is 6.95. The van der Waals surface area contributed by atoms with Gasteiger partial charge in [-0.25, -0.2) is 4.98 Å². The Bertz CT molecular complexity index is 3980. The predicted molar refractivity (Wildman–Crippen MR) is 273 cm³/mol. The highest BCUT2D eigenvalue weighted by Crippen LogP contribution is 2.44. The van der Waals surface area contributed by atoms with Crippen LogP contribution in [0.4, 0.5) is 0 Å². The van der Waals surface area contributed by atoms with Crippen LogP contribution in [-0.2, 0) is 0 Å². The van der Waals surface area contributed by atoms with Crippen LogP contribution < -0.4 is 0 Å². The van der Waals surface area contributed by atoms with Crippen molar-refractivity contribution in [3.05, 3.63) is 237 Å². The third-order valence-corrected chi connectivity index (χ3v) is 13.0. The quantitative estimate of drug-likeness (QED) is 0.161. The molecule has 0 amide bonds. The monoisotopic (exact) mass is 841 g/mol. The predicted octanol–water partition coefficient (Wildman–Crippen LogP) is 15.6. The van der Waals surface area contributed by atoms with Gasteiger partial charge in [0.1, 0.15) is 0 Å². The van der Waals surface area contributed by atoms with Gasteiger partial charge in [0.25, 0.3) is 0 Å². The number of hydrogen-bond donors (Lipinski definition) is 0. The second-order valence-electron chi connectivity index (χ2n) is 16.8. The van der Waals surface area contributed by atoms with E-state index in [4.69, 9.17) is 15.0 Å². The average molecular weight is 842 g/mol. The zero-order valence-corrected chi connectivity index (χ0v) is 35.8. The molecule has 66 heavy (non-hydrogen) atoms. The first-order valence-corrected chi connectivity index (χ1v) is 22.4. The van der Waals surface area contributed by atoms with E-state index in [0.29, 0.717) is 17.6 Å². The Morgan fingerprint density at radius 2 is 0.788 bits per heavy atom. The SMILES string of the molecule is c1ccc(-c2ccc(-c3ccccc3)c(-n3c4ccccc4c4ccc5c6ccccc6n(-c6nc(-c7ccccc7)nc(-c7cccc(-c8cccc9ccccc89)c7)n6)c5c43)c2)cc1. The molecule has 0 N–H and O–H groups in total. The van der Waals surface area contributed by atoms with E-state index in [1.807, 2.05) is 18.2 Å². The van der Waals surface area contributed by atoms with Crippen molar-refractivity contribution in [1.82, 2.24) is 24.1 Å². The van der Waals surface area contributed by atoms with Crippen LogP contribution in [0.25, 0.3) is 122 Å². The Labute approximate surface area is 381 Å². The number of para-hydroxylation sites is 2. The summed E-state index contributed by atoms with van der Waals surface area (Å²) in [5.74, 6) is 1.75. The van der Waals surface area contributed by atoms with Crippen LogP contribution in [0.15, 0.2) is 237 Å². The summed E-state index contributed by atoms with van der Waals surface area (Å²) < 4.78 is 4.75. The molecule has 13 aromatic rings. The molecule has 0 saturated carbocycles. The molecular formula is C61H39N5. The molecule has 5 heteroatoms. The molecule has 308 valence electrons. The van der Waals surface area contributed by atoms with Crippen LogP contribution >= 0.6 is 0 Å². The Kier molecular flexibility index (Phi) is 8.78. The summed E-state index contributed by atoms with van der Waals surface area (Å²) in [6.45, 7) is 0. The van der Waals surface area contributed by atoms with E-state index in [9.17, 15) is 0 Å². The summed E-state index contributed by atoms with van der Waals surface area (Å²) in [7, 11) is 0. The fraction of sp³-hybridized carbons (Fsp3) is 0. The number of fused-ring (bicyclic) bond motifs is 8. The lowest BCUT2D eigenvalue weighted by Gasteiger charge is -2.17. The highest BCUT2D eigenvalue weighted by molar-refractivity contribution is 6.24. The maximum absolute atomic E-state index is 5.48. The lowest BCUT2D eigenvalue weighted by Crippen LogP contribution is -2.07. The van der Waals surface area contributed by atoms with Crippen molar-refractivity contribution in [1.29, 1.82) is 0 Å². The van der Waals surface area contributed by atoms with Crippen molar-refractivity contribution in [3.8, 4) is 67.8 Å². The molecule has 0 aliphatic rings. The Hall–Kier alpha value is -8.93. The number of hydrogen-bond acceptors (Lipinski definition) is 3. The third kappa shape index (κ3) is 6.13. The van der Waals surface area contributed by atoms with Crippen molar-refractivity contribution in [2.75, 3.05) is 0 Å². The maximum Gasteiger partial charge on any atom is 0.238 e. The summed E-state index contributed by atoms with van der Waals surface area (Å²) in [6, 6.07) is 84.1. The Morgan fingerprint density at radius 1 is 0.273 bits per heavy atom. The molecule has 0 saturated heterocycles. The number of aromatic nitrogens is 5. The second kappa shape index (κ2) is 15.4. The molecule has 3 heterocycles. The minimum Gasteiger partial charge on any atom is -0.307 e. The van der Waals surface area contributed by atoms with Crippen molar-refractivity contribution < 1.29 is 0 Å². The third-order valence-electron chi connectivity index (χ3n) is 13.0. The topological polar surface area (TPSA) is 48.5 Å². The van der Waals surface area contributed by atoms with Crippen LogP contribution in [0.3, 0.4) is 0 Å². The summed E-state index contributed by atoms with van der Waals surface area (Å²) in [4.78, 5) is 16.1. The number of benzene rings is 10. The van der Waals surface area contributed by atoms with Crippen LogP contribution in [-0.4, -0.2) is 24.1 Å². The van der Waals surface area contributed by atoms with Gasteiger partial charge < -0.3 is 4.57 Å². The molecule has 0 spiro atoms. The molecule has 10 aromatic carbocycles. The minimum atomic E-state index is 0.547. The fourth-order valence-electron chi connectivity index (χ4n) is 9.96. The largest absolute Gasteiger partial charge is 0.307 e. The molecule has 5 nitrogen and oxygen atoms in total. The minimum absolute atomic E-state index is 0.547. The summed E-state index contributed by atoms with van der Waals surface area (Å²) in [6.07, 6.45) is 0. The first-order valence-electron chi connectivity index (χ1n) is 22.4. The van der Waals surface area contributed by atoms with E-state index >= 15 is 0 Å². The van der Waals surface area contributed by atoms with Gasteiger partial charge >= 0.3 is 0 Å². The van der Waals surface area contributed by atoms with Gasteiger partial charge in [0.2, 0.25) is 5.95 Å². The van der Waals surface area contributed by atoms with Crippen LogP contribution in [0, 0.1) is 0 Å². The average Bonchev–Trinajstić information content (AvgIpc) is 3.92. The fourth-order valence-corrected chi connectivity index (χ4v) is 9.96. The highest BCUT2D eigenvalue weighted by Gasteiger charge is 2.25. The van der Waals surface area contributed by atoms with Gasteiger partial charge in [0, 0.05) is 38.2 Å². The molecule has 3 aromatic heterocycles. The smallest absolute Gasteiger partial charge is 0.238 e. The molecular weight excluding hydrogens is 803 g/mol. The summed E-state index contributed by atoms with van der Waals surface area (Å²) in [5.41, 5.74) is 14.0. The van der Waals surface area contributed by atoms with E-state index in [-0.39, 0.29) is 0 Å². The molecule has 0 fully saturated rings. The van der Waals surface area contributed by atoms with E-state index in [1.165, 1.54) is 16.2 Å². The van der Waals surface area contributed by atoms with Crippen LogP contribution in [0.5, 0.6) is 0 Å². The van der Waals surface area contributed by atoms with E-state index < -0.39 is 0 Å². The van der Waals surface area contributed by atoms with Crippen molar-refractivity contribution in [2.45, 2.75) is 0 Å². The lowest BCUT2D eigenvalue weighted by molar-refractivity contribution is 0.953. The Balaban J connectivity index is 1.13. The molecule has 13 rings (SSSR count). The highest BCUT2D eigenvalue weighted by atomic mass is 15.2. The van der Waals surface area contributed by atoms with Gasteiger partial charge in [0.15, 0.2) is 11.6 Å². The van der Waals surface area contributed by atoms with Gasteiger partial charge in [-0.2, -0.15) is 9.97 Å². The maximum atomic E-state index is 5.48. The molecule has 0 bridgehead atoms. The molecule has 0 aliphatic carbocycles. The van der Waals surface area contributed by atoms with Gasteiger partial charge in [-0.1, -0.05) is 212 Å². The lowest BCUT2D eigenvalue weighted by atomic mass is 9.97. The first-order chi connectivity index (χ1) is 32.7. The van der Waals surface area contributed by atoms with Crippen LogP contribution in [0.1, 0.15) is 0 Å². The van der Waals surface area contributed by atoms with Gasteiger partial charge in [-0.05, 0) is 62.9 Å². The van der Waals surface area contributed by atoms with Gasteiger partial charge in [0.05, 0.1) is 27.8 Å². The van der Waals surface area contributed by atoms with E-state index in [2.05, 4.69) is 228 Å². The van der Waals surface area contributed by atoms with Gasteiger partial charge in [-0.15, -0.1) is 0 Å². The van der Waals surface area contributed by atoms with Crippen molar-refractivity contribution in [3.63, 3.8) is 0 Å². The number of rotatable bonds is 7. The van der Waals surface area contributed by atoms with Crippen LogP contribution in [0.2, 0.25) is 0 Å². The first kappa shape index (κ1) is 37.6. The molecule has 0 unspecified atom stereocenters. The summed E-state index contributed by atoms with van der Waals surface area (Å²) >= 11 is 0. The zero-order valence-electron chi connectivity index (χ0n) is 35.8. The normalized spacial score (nSPS) is 11.6. The number of nitrogens with zero attached hydrogens (tertiary/aromatic N) is 5. The Morgan fingerprint density at radius 3 is 1.50 bits per heavy atom. The van der Waals surface area contributed by atoms with Crippen molar-refractivity contribution in [2.24, 2.45) is 0 Å². The second-order valence-corrected chi connectivity index (χ2v) is 16.8. The zero-order chi connectivity index (χ0) is 43.6. The van der Waals surface area contributed by atoms with E-state index in [1.54, 1.807) is 0 Å². The van der Waals surface area contributed by atoms with Crippen molar-refractivity contribution >= 4 is 54.4 Å². The van der Waals surface area contributed by atoms with E-state index in [0.717, 1.165) is 88.4 Å². The van der Waals surface area contributed by atoms with Gasteiger partial charge in [-0.3, -0.25) is 4.57 Å².